The number of amides is 1. The molecule has 1 atom stereocenters. The zero-order chi connectivity index (χ0) is 26.0. The van der Waals surface area contributed by atoms with Crippen molar-refractivity contribution in [1.29, 1.82) is 0 Å². The zero-order valence-electron chi connectivity index (χ0n) is 20.4. The van der Waals surface area contributed by atoms with Crippen molar-refractivity contribution in [3.63, 3.8) is 0 Å². The molecule has 0 radical (unpaired) electrons. The smallest absolute Gasteiger partial charge is 0.240 e. The number of benzene rings is 2. The Hall–Kier alpha value is -3.47. The van der Waals surface area contributed by atoms with E-state index in [1.807, 2.05) is 25.1 Å². The van der Waals surface area contributed by atoms with Crippen LogP contribution in [0.25, 0.3) is 11.3 Å². The molecule has 1 aliphatic heterocycles. The molecule has 1 amide bonds. The van der Waals surface area contributed by atoms with Gasteiger partial charge in [0.05, 0.1) is 22.6 Å². The lowest BCUT2D eigenvalue weighted by atomic mass is 9.94. The Morgan fingerprint density at radius 1 is 1.11 bits per heavy atom. The average molecular weight is 530 g/mol. The molecule has 2 aromatic carbocycles. The molecule has 0 bridgehead atoms. The van der Waals surface area contributed by atoms with Crippen molar-refractivity contribution in [2.75, 3.05) is 18.7 Å². The van der Waals surface area contributed by atoms with Gasteiger partial charge in [-0.3, -0.25) is 4.79 Å². The highest BCUT2D eigenvalue weighted by Crippen LogP contribution is 2.51. The number of aliphatic hydroxyl groups is 1. The Bertz CT molecular complexity index is 1420. The van der Waals surface area contributed by atoms with E-state index in [1.54, 1.807) is 30.3 Å². The van der Waals surface area contributed by atoms with E-state index >= 15 is 0 Å². The number of anilines is 1. The second-order valence-electron chi connectivity index (χ2n) is 9.33. The molecule has 1 aromatic heterocycles. The number of sulfonamides is 1. The van der Waals surface area contributed by atoms with Crippen LogP contribution in [0, 0.1) is 0 Å². The highest BCUT2D eigenvalue weighted by molar-refractivity contribution is 7.89. The van der Waals surface area contributed by atoms with Crippen molar-refractivity contribution in [2.24, 2.45) is 0 Å². The maximum Gasteiger partial charge on any atom is 0.240 e. The van der Waals surface area contributed by atoms with E-state index in [2.05, 4.69) is 15.0 Å². The predicted octanol–water partition coefficient (Wildman–Crippen LogP) is 4.32. The molecule has 37 heavy (non-hydrogen) atoms. The Morgan fingerprint density at radius 3 is 2.57 bits per heavy atom. The summed E-state index contributed by atoms with van der Waals surface area (Å²) in [7, 11) is -3.76. The van der Waals surface area contributed by atoms with Gasteiger partial charge in [-0.15, -0.1) is 0 Å². The van der Waals surface area contributed by atoms with Gasteiger partial charge >= 0.3 is 0 Å². The number of pyridine rings is 1. The lowest BCUT2D eigenvalue weighted by molar-refractivity contribution is -0.118. The van der Waals surface area contributed by atoms with Crippen LogP contribution in [0.15, 0.2) is 65.6 Å². The van der Waals surface area contributed by atoms with E-state index in [1.165, 1.54) is 12.1 Å². The first-order chi connectivity index (χ1) is 17.8. The highest BCUT2D eigenvalue weighted by Gasteiger charge is 2.51. The van der Waals surface area contributed by atoms with Crippen molar-refractivity contribution in [3.8, 4) is 22.8 Å². The third-order valence-electron chi connectivity index (χ3n) is 6.74. The van der Waals surface area contributed by atoms with E-state index in [4.69, 9.17) is 9.47 Å². The van der Waals surface area contributed by atoms with Crippen LogP contribution >= 0.6 is 0 Å². The topological polar surface area (TPSA) is 127 Å². The first kappa shape index (κ1) is 25.2. The van der Waals surface area contributed by atoms with Crippen molar-refractivity contribution in [1.82, 2.24) is 9.71 Å². The number of ether oxygens (including phenoxy) is 2. The molecule has 5 rings (SSSR count). The summed E-state index contributed by atoms with van der Waals surface area (Å²) in [4.78, 5) is 17.9. The Balaban J connectivity index is 0.00000187. The van der Waals surface area contributed by atoms with Crippen LogP contribution in [0.3, 0.4) is 0 Å². The van der Waals surface area contributed by atoms with Gasteiger partial charge in [-0.05, 0) is 61.2 Å². The van der Waals surface area contributed by atoms with Gasteiger partial charge in [0, 0.05) is 15.9 Å². The minimum Gasteiger partial charge on any atom is -0.454 e. The molecule has 1 unspecified atom stereocenters. The van der Waals surface area contributed by atoms with E-state index in [0.717, 1.165) is 24.8 Å². The summed E-state index contributed by atoms with van der Waals surface area (Å²) in [5.41, 5.74) is 1.57. The molecule has 3 N–H and O–H groups in total. The minimum absolute atomic E-state index is 0. The first-order valence-corrected chi connectivity index (χ1v) is 13.8. The predicted molar refractivity (Wildman–Crippen MR) is 144 cm³/mol. The van der Waals surface area contributed by atoms with Gasteiger partial charge in [0.25, 0.3) is 0 Å². The molecule has 1 aliphatic carbocycles. The maximum atomic E-state index is 13.2. The second kappa shape index (κ2) is 10.1. The summed E-state index contributed by atoms with van der Waals surface area (Å²) in [6.07, 6.45) is 2.77. The number of aromatic nitrogens is 1. The average Bonchev–Trinajstić information content (AvgIpc) is 3.59. The van der Waals surface area contributed by atoms with Gasteiger partial charge in [-0.25, -0.2) is 18.1 Å². The third-order valence-corrected chi connectivity index (χ3v) is 8.28. The van der Waals surface area contributed by atoms with Crippen molar-refractivity contribution >= 4 is 21.7 Å². The summed E-state index contributed by atoms with van der Waals surface area (Å²) in [5.74, 6) is 1.61. The Morgan fingerprint density at radius 2 is 1.86 bits per heavy atom. The third kappa shape index (κ3) is 5.18. The molecule has 1 saturated carbocycles. The fourth-order valence-corrected chi connectivity index (χ4v) is 5.76. The minimum atomic E-state index is -3.76. The second-order valence-corrected chi connectivity index (χ2v) is 11.0. The summed E-state index contributed by atoms with van der Waals surface area (Å²) in [5, 5.41) is 12.4. The van der Waals surface area contributed by atoms with Gasteiger partial charge in [0.15, 0.2) is 11.5 Å². The maximum absolute atomic E-state index is 13.2. The van der Waals surface area contributed by atoms with Crippen molar-refractivity contribution in [2.45, 2.75) is 49.0 Å². The molecule has 2 heterocycles. The molecule has 0 saturated heterocycles. The number of fused-ring (bicyclic) bond motifs is 1. The normalized spacial score (nSPS) is 16.3. The van der Waals surface area contributed by atoms with Crippen LogP contribution in [-0.4, -0.2) is 43.9 Å². The zero-order valence-corrected chi connectivity index (χ0v) is 21.3. The Kier molecular flexibility index (Phi) is 6.89. The van der Waals surface area contributed by atoms with Gasteiger partial charge in [-0.2, -0.15) is 0 Å². The lowest BCUT2D eigenvalue weighted by Crippen LogP contribution is -2.37. The van der Waals surface area contributed by atoms with E-state index in [0.29, 0.717) is 35.0 Å². The quantitative estimate of drug-likeness (QED) is 0.357. The van der Waals surface area contributed by atoms with Crippen LogP contribution in [0.4, 0.5) is 5.82 Å². The van der Waals surface area contributed by atoms with Crippen LogP contribution in [0.5, 0.6) is 11.5 Å². The van der Waals surface area contributed by atoms with E-state index in [9.17, 15) is 18.3 Å². The van der Waals surface area contributed by atoms with Gasteiger partial charge in [0.2, 0.25) is 22.7 Å². The van der Waals surface area contributed by atoms with Crippen LogP contribution in [-0.2, 0) is 20.2 Å². The fourth-order valence-electron chi connectivity index (χ4n) is 4.50. The van der Waals surface area contributed by atoms with E-state index < -0.39 is 21.5 Å². The standard InChI is InChI=1S/C27H29N3O6S.3H2/c1-2-4-20(16-31)30-37(33,34)21-10-7-18(8-11-21)22-5-3-6-25(28-22)29-26(32)27(13-14-27)19-9-12-23-24(15-19)36-17-35-23;;;/h3,5-12,15,20,30-31H,2,4,13-14,16-17H2,1H3,(H,28,29,32);3*1H. The van der Waals surface area contributed by atoms with E-state index in [-0.39, 0.29) is 28.5 Å². The Labute approximate surface area is 220 Å². The summed E-state index contributed by atoms with van der Waals surface area (Å²) in [6.45, 7) is 1.85. The number of rotatable bonds is 10. The summed E-state index contributed by atoms with van der Waals surface area (Å²) < 4.78 is 38.7. The molecule has 200 valence electrons. The number of carbonyl (C=O) groups is 1. The number of aliphatic hydroxyl groups excluding tert-OH is 1. The number of carbonyl (C=O) groups excluding carboxylic acids is 1. The first-order valence-electron chi connectivity index (χ1n) is 12.3. The van der Waals surface area contributed by atoms with Gasteiger partial charge < -0.3 is 19.9 Å². The number of nitrogens with zero attached hydrogens (tertiary/aromatic N) is 1. The lowest BCUT2D eigenvalue weighted by Gasteiger charge is -2.16. The molecule has 9 nitrogen and oxygen atoms in total. The molecular formula is C27H35N3O6S. The van der Waals surface area contributed by atoms with Crippen molar-refractivity contribution in [3.05, 3.63) is 66.2 Å². The monoisotopic (exact) mass is 529 g/mol. The van der Waals surface area contributed by atoms with Crippen molar-refractivity contribution < 1.29 is 32.1 Å². The summed E-state index contributed by atoms with van der Waals surface area (Å²) in [6, 6.07) is 16.7. The molecular weight excluding hydrogens is 494 g/mol. The molecule has 10 heteroatoms. The number of nitrogens with one attached hydrogen (secondary N) is 2. The SMILES string of the molecule is CCCC(CO)NS(=O)(=O)c1ccc(-c2cccc(NC(=O)C3(c4ccc5c(c4)OCO5)CC3)n2)cc1.[HH].[HH].[HH]. The molecule has 3 aromatic rings. The van der Waals surface area contributed by atoms with Gasteiger partial charge in [-0.1, -0.05) is 37.6 Å². The molecule has 1 fully saturated rings. The van der Waals surface area contributed by atoms with Crippen LogP contribution in [0.1, 0.15) is 42.5 Å². The number of hydrogen-bond donors (Lipinski definition) is 3. The largest absolute Gasteiger partial charge is 0.454 e. The van der Waals surface area contributed by atoms with Gasteiger partial charge in [0.1, 0.15) is 5.82 Å². The van der Waals surface area contributed by atoms with Crippen LogP contribution < -0.4 is 19.5 Å². The number of hydrogen-bond acceptors (Lipinski definition) is 7. The van der Waals surface area contributed by atoms with Crippen LogP contribution in [0.2, 0.25) is 0 Å². The highest BCUT2D eigenvalue weighted by atomic mass is 32.2. The summed E-state index contributed by atoms with van der Waals surface area (Å²) >= 11 is 0. The fraction of sp³-hybridized carbons (Fsp3) is 0.333. The molecule has 2 aliphatic rings. The molecule has 0 spiro atoms.